The van der Waals surface area contributed by atoms with Crippen LogP contribution < -0.4 is 5.32 Å². The topological polar surface area (TPSA) is 21.3 Å². The Morgan fingerprint density at radius 2 is 2.08 bits per heavy atom. The third-order valence-corrected chi connectivity index (χ3v) is 1.65. The summed E-state index contributed by atoms with van der Waals surface area (Å²) < 4.78 is 5.36. The molecule has 13 heavy (non-hydrogen) atoms. The maximum absolute atomic E-state index is 5.36. The Hall–Kier alpha value is -0.340. The molecule has 0 aromatic heterocycles. The summed E-state index contributed by atoms with van der Waals surface area (Å²) in [5, 5.41) is 3.34. The molecule has 0 aromatic carbocycles. The van der Waals surface area contributed by atoms with Crippen LogP contribution in [-0.4, -0.2) is 26.3 Å². The molecule has 0 rings (SSSR count). The van der Waals surface area contributed by atoms with Crippen molar-refractivity contribution in [3.05, 3.63) is 11.6 Å². The molecular weight excluding hydrogens is 162 g/mol. The lowest BCUT2D eigenvalue weighted by Crippen LogP contribution is -2.16. The van der Waals surface area contributed by atoms with E-state index in [1.54, 1.807) is 0 Å². The minimum Gasteiger partial charge on any atom is -0.381 e. The van der Waals surface area contributed by atoms with Crippen molar-refractivity contribution in [3.63, 3.8) is 0 Å². The number of hydrogen-bond acceptors (Lipinski definition) is 2. The average Bonchev–Trinajstić information content (AvgIpc) is 2.09. The van der Waals surface area contributed by atoms with E-state index in [1.165, 1.54) is 5.57 Å². The predicted octanol–water partition coefficient (Wildman–Crippen LogP) is 2.36. The van der Waals surface area contributed by atoms with Crippen LogP contribution in [0.25, 0.3) is 0 Å². The van der Waals surface area contributed by atoms with Gasteiger partial charge in [-0.2, -0.15) is 0 Å². The van der Waals surface area contributed by atoms with Crippen LogP contribution >= 0.6 is 0 Å². The first kappa shape index (κ1) is 12.7. The van der Waals surface area contributed by atoms with Gasteiger partial charge in [0.05, 0.1) is 0 Å². The third-order valence-electron chi connectivity index (χ3n) is 1.65. The van der Waals surface area contributed by atoms with Crippen molar-refractivity contribution in [2.45, 2.75) is 33.6 Å². The maximum Gasteiger partial charge on any atom is 0.0478 e. The highest BCUT2D eigenvalue weighted by atomic mass is 16.5. The molecule has 2 heteroatoms. The van der Waals surface area contributed by atoms with Gasteiger partial charge in [0.25, 0.3) is 0 Å². The Morgan fingerprint density at radius 1 is 1.31 bits per heavy atom. The SMILES string of the molecule is CCCOCCCNCC=C(C)C. The van der Waals surface area contributed by atoms with Gasteiger partial charge in [-0.15, -0.1) is 0 Å². The highest BCUT2D eigenvalue weighted by Crippen LogP contribution is 1.86. The molecule has 0 saturated heterocycles. The molecule has 0 spiro atoms. The Balaban J connectivity index is 2.96. The molecular formula is C11H23NO. The van der Waals surface area contributed by atoms with E-state index in [0.29, 0.717) is 0 Å². The second-order valence-corrected chi connectivity index (χ2v) is 3.45. The molecule has 1 N–H and O–H groups in total. The molecule has 0 atom stereocenters. The van der Waals surface area contributed by atoms with Gasteiger partial charge in [0.2, 0.25) is 0 Å². The Labute approximate surface area is 82.4 Å². The molecule has 0 aliphatic heterocycles. The second-order valence-electron chi connectivity index (χ2n) is 3.45. The first-order valence-electron chi connectivity index (χ1n) is 5.19. The van der Waals surface area contributed by atoms with Crippen LogP contribution in [0.4, 0.5) is 0 Å². The predicted molar refractivity (Wildman–Crippen MR) is 58.0 cm³/mol. The molecule has 0 aromatic rings. The number of ether oxygens (including phenoxy) is 1. The smallest absolute Gasteiger partial charge is 0.0478 e. The van der Waals surface area contributed by atoms with Crippen LogP contribution in [0, 0.1) is 0 Å². The Morgan fingerprint density at radius 3 is 2.69 bits per heavy atom. The van der Waals surface area contributed by atoms with Gasteiger partial charge < -0.3 is 10.1 Å². The minimum atomic E-state index is 0.885. The zero-order chi connectivity index (χ0) is 9.94. The lowest BCUT2D eigenvalue weighted by atomic mass is 10.3. The quantitative estimate of drug-likeness (QED) is 0.463. The van der Waals surface area contributed by atoms with Crippen LogP contribution in [0.1, 0.15) is 33.6 Å². The van der Waals surface area contributed by atoms with Crippen molar-refractivity contribution >= 4 is 0 Å². The van der Waals surface area contributed by atoms with Crippen molar-refractivity contribution in [2.24, 2.45) is 0 Å². The van der Waals surface area contributed by atoms with Crippen LogP contribution in [0.15, 0.2) is 11.6 Å². The van der Waals surface area contributed by atoms with Gasteiger partial charge in [-0.3, -0.25) is 0 Å². The third kappa shape index (κ3) is 11.7. The van der Waals surface area contributed by atoms with Crippen LogP contribution in [-0.2, 0) is 4.74 Å². The first-order valence-corrected chi connectivity index (χ1v) is 5.19. The van der Waals surface area contributed by atoms with Crippen molar-refractivity contribution < 1.29 is 4.74 Å². The van der Waals surface area contributed by atoms with E-state index >= 15 is 0 Å². The second kappa shape index (κ2) is 9.75. The van der Waals surface area contributed by atoms with Gasteiger partial charge in [-0.25, -0.2) is 0 Å². The molecule has 0 unspecified atom stereocenters. The van der Waals surface area contributed by atoms with E-state index < -0.39 is 0 Å². The van der Waals surface area contributed by atoms with Crippen LogP contribution in [0.3, 0.4) is 0 Å². The normalized spacial score (nSPS) is 10.1. The maximum atomic E-state index is 5.36. The number of hydrogen-bond donors (Lipinski definition) is 1. The number of allylic oxidation sites excluding steroid dienone is 1. The monoisotopic (exact) mass is 185 g/mol. The number of rotatable bonds is 8. The van der Waals surface area contributed by atoms with Crippen molar-refractivity contribution in [1.29, 1.82) is 0 Å². The minimum absolute atomic E-state index is 0.885. The molecule has 0 radical (unpaired) electrons. The molecule has 0 saturated carbocycles. The lowest BCUT2D eigenvalue weighted by molar-refractivity contribution is 0.132. The van der Waals surface area contributed by atoms with Crippen LogP contribution in [0.5, 0.6) is 0 Å². The van der Waals surface area contributed by atoms with Gasteiger partial charge in [-0.1, -0.05) is 18.6 Å². The summed E-state index contributed by atoms with van der Waals surface area (Å²) in [4.78, 5) is 0. The lowest BCUT2D eigenvalue weighted by Gasteiger charge is -2.03. The van der Waals surface area contributed by atoms with Gasteiger partial charge in [-0.05, 0) is 33.2 Å². The van der Waals surface area contributed by atoms with Crippen molar-refractivity contribution in [1.82, 2.24) is 5.32 Å². The Bertz CT molecular complexity index is 128. The first-order chi connectivity index (χ1) is 6.27. The molecule has 0 fully saturated rings. The molecule has 0 aliphatic rings. The summed E-state index contributed by atoms with van der Waals surface area (Å²) >= 11 is 0. The summed E-state index contributed by atoms with van der Waals surface area (Å²) in [5.41, 5.74) is 1.37. The van der Waals surface area contributed by atoms with E-state index in [2.05, 4.69) is 32.2 Å². The zero-order valence-electron chi connectivity index (χ0n) is 9.23. The fourth-order valence-electron chi connectivity index (χ4n) is 0.924. The van der Waals surface area contributed by atoms with Gasteiger partial charge in [0.15, 0.2) is 0 Å². The average molecular weight is 185 g/mol. The fraction of sp³-hybridized carbons (Fsp3) is 0.818. The molecule has 0 amide bonds. The summed E-state index contributed by atoms with van der Waals surface area (Å²) in [6.07, 6.45) is 4.43. The molecule has 2 nitrogen and oxygen atoms in total. The van der Waals surface area contributed by atoms with E-state index in [-0.39, 0.29) is 0 Å². The summed E-state index contributed by atoms with van der Waals surface area (Å²) in [6, 6.07) is 0. The summed E-state index contributed by atoms with van der Waals surface area (Å²) in [6.45, 7) is 10.2. The number of nitrogens with one attached hydrogen (secondary N) is 1. The standard InChI is InChI=1S/C11H23NO/c1-4-9-13-10-5-7-12-8-6-11(2)3/h6,12H,4-5,7-10H2,1-3H3. The van der Waals surface area contributed by atoms with Crippen molar-refractivity contribution in [2.75, 3.05) is 26.3 Å². The fourth-order valence-corrected chi connectivity index (χ4v) is 0.924. The van der Waals surface area contributed by atoms with Gasteiger partial charge >= 0.3 is 0 Å². The van der Waals surface area contributed by atoms with Gasteiger partial charge in [0, 0.05) is 19.8 Å². The highest BCUT2D eigenvalue weighted by molar-refractivity contribution is 4.94. The van der Waals surface area contributed by atoms with E-state index in [4.69, 9.17) is 4.74 Å². The van der Waals surface area contributed by atoms with Gasteiger partial charge in [0.1, 0.15) is 0 Å². The van der Waals surface area contributed by atoms with Crippen LogP contribution in [0.2, 0.25) is 0 Å². The Kier molecular flexibility index (Phi) is 9.49. The molecule has 0 bridgehead atoms. The van der Waals surface area contributed by atoms with E-state index in [1.807, 2.05) is 0 Å². The van der Waals surface area contributed by atoms with E-state index in [9.17, 15) is 0 Å². The van der Waals surface area contributed by atoms with E-state index in [0.717, 1.165) is 39.1 Å². The largest absolute Gasteiger partial charge is 0.381 e. The molecule has 0 aliphatic carbocycles. The summed E-state index contributed by atoms with van der Waals surface area (Å²) in [5.74, 6) is 0. The van der Waals surface area contributed by atoms with Crippen molar-refractivity contribution in [3.8, 4) is 0 Å². The zero-order valence-corrected chi connectivity index (χ0v) is 9.23. The highest BCUT2D eigenvalue weighted by Gasteiger charge is 1.87. The molecule has 78 valence electrons. The summed E-state index contributed by atoms with van der Waals surface area (Å²) in [7, 11) is 0. The molecule has 0 heterocycles.